The standard InChI is InChI=1S/C6H6BrNO/c7-6-5(3-9-8-6)4-1-2-4/h3-4H,1-2H2. The summed E-state index contributed by atoms with van der Waals surface area (Å²) in [6.45, 7) is 0. The van der Waals surface area contributed by atoms with E-state index in [2.05, 4.69) is 21.1 Å². The molecule has 1 fully saturated rings. The molecule has 1 aromatic rings. The molecule has 3 heteroatoms. The molecule has 0 amide bonds. The van der Waals surface area contributed by atoms with Crippen LogP contribution in [-0.4, -0.2) is 5.16 Å². The van der Waals surface area contributed by atoms with Gasteiger partial charge in [0.1, 0.15) is 6.26 Å². The quantitative estimate of drug-likeness (QED) is 0.675. The van der Waals surface area contributed by atoms with Crippen molar-refractivity contribution in [3.63, 3.8) is 0 Å². The molecule has 1 aliphatic carbocycles. The summed E-state index contributed by atoms with van der Waals surface area (Å²) in [7, 11) is 0. The van der Waals surface area contributed by atoms with Crippen LogP contribution in [0.1, 0.15) is 24.3 Å². The molecule has 0 saturated heterocycles. The van der Waals surface area contributed by atoms with Crippen LogP contribution in [0, 0.1) is 0 Å². The molecule has 1 saturated carbocycles. The molecule has 9 heavy (non-hydrogen) atoms. The fraction of sp³-hybridized carbons (Fsp3) is 0.500. The number of hydrogen-bond acceptors (Lipinski definition) is 2. The molecule has 0 aliphatic heterocycles. The van der Waals surface area contributed by atoms with Gasteiger partial charge in [0, 0.05) is 5.56 Å². The molecule has 0 aromatic carbocycles. The second-order valence-electron chi connectivity index (χ2n) is 2.33. The minimum atomic E-state index is 0.727. The third kappa shape index (κ3) is 0.894. The Morgan fingerprint density at radius 1 is 1.67 bits per heavy atom. The molecule has 2 nitrogen and oxygen atoms in total. The Morgan fingerprint density at radius 3 is 2.89 bits per heavy atom. The maximum Gasteiger partial charge on any atom is 0.152 e. The van der Waals surface area contributed by atoms with Gasteiger partial charge in [-0.15, -0.1) is 0 Å². The Labute approximate surface area is 61.4 Å². The third-order valence-corrected chi connectivity index (χ3v) is 2.17. The Bertz CT molecular complexity index is 217. The second kappa shape index (κ2) is 1.84. The van der Waals surface area contributed by atoms with Gasteiger partial charge >= 0.3 is 0 Å². The molecule has 1 heterocycles. The smallest absolute Gasteiger partial charge is 0.152 e. The lowest BCUT2D eigenvalue weighted by Gasteiger charge is -1.84. The van der Waals surface area contributed by atoms with E-state index in [0.717, 1.165) is 10.5 Å². The van der Waals surface area contributed by atoms with Crippen LogP contribution in [0.4, 0.5) is 0 Å². The van der Waals surface area contributed by atoms with Gasteiger partial charge in [-0.3, -0.25) is 0 Å². The van der Waals surface area contributed by atoms with Crippen molar-refractivity contribution in [2.45, 2.75) is 18.8 Å². The van der Waals surface area contributed by atoms with Crippen molar-refractivity contribution >= 4 is 15.9 Å². The highest BCUT2D eigenvalue weighted by Gasteiger charge is 2.27. The van der Waals surface area contributed by atoms with E-state index in [9.17, 15) is 0 Å². The maximum atomic E-state index is 4.75. The Hall–Kier alpha value is -0.310. The molecular weight excluding hydrogens is 182 g/mol. The zero-order valence-corrected chi connectivity index (χ0v) is 6.39. The minimum absolute atomic E-state index is 0.727. The van der Waals surface area contributed by atoms with Crippen LogP contribution in [-0.2, 0) is 0 Å². The molecular formula is C6H6BrNO. The summed E-state index contributed by atoms with van der Waals surface area (Å²) < 4.78 is 5.63. The van der Waals surface area contributed by atoms with Gasteiger partial charge in [0.15, 0.2) is 4.60 Å². The zero-order chi connectivity index (χ0) is 6.27. The SMILES string of the molecule is Brc1nocc1C1CC1. The lowest BCUT2D eigenvalue weighted by molar-refractivity contribution is 0.415. The Kier molecular flexibility index (Phi) is 1.12. The summed E-state index contributed by atoms with van der Waals surface area (Å²) in [5.74, 6) is 0.727. The molecule has 48 valence electrons. The molecule has 0 atom stereocenters. The van der Waals surface area contributed by atoms with Gasteiger partial charge in [0.25, 0.3) is 0 Å². The Morgan fingerprint density at radius 2 is 2.44 bits per heavy atom. The van der Waals surface area contributed by atoms with Gasteiger partial charge in [-0.2, -0.15) is 0 Å². The first-order valence-corrected chi connectivity index (χ1v) is 3.77. The molecule has 0 radical (unpaired) electrons. The van der Waals surface area contributed by atoms with E-state index in [-0.39, 0.29) is 0 Å². The van der Waals surface area contributed by atoms with E-state index in [1.54, 1.807) is 6.26 Å². The summed E-state index contributed by atoms with van der Waals surface area (Å²) in [5, 5.41) is 3.72. The van der Waals surface area contributed by atoms with Gasteiger partial charge in [-0.05, 0) is 34.7 Å². The first-order chi connectivity index (χ1) is 4.38. The van der Waals surface area contributed by atoms with E-state index < -0.39 is 0 Å². The highest BCUT2D eigenvalue weighted by atomic mass is 79.9. The van der Waals surface area contributed by atoms with Crippen molar-refractivity contribution in [3.05, 3.63) is 16.4 Å². The zero-order valence-electron chi connectivity index (χ0n) is 4.80. The fourth-order valence-electron chi connectivity index (χ4n) is 0.890. The first kappa shape index (κ1) is 5.47. The van der Waals surface area contributed by atoms with Crippen LogP contribution in [0.5, 0.6) is 0 Å². The highest BCUT2D eigenvalue weighted by molar-refractivity contribution is 9.10. The molecule has 0 N–H and O–H groups in total. The van der Waals surface area contributed by atoms with E-state index >= 15 is 0 Å². The maximum absolute atomic E-state index is 4.75. The molecule has 2 rings (SSSR count). The summed E-state index contributed by atoms with van der Waals surface area (Å²) in [4.78, 5) is 0. The van der Waals surface area contributed by atoms with E-state index in [4.69, 9.17) is 4.52 Å². The average molecular weight is 188 g/mol. The highest BCUT2D eigenvalue weighted by Crippen LogP contribution is 2.42. The van der Waals surface area contributed by atoms with Gasteiger partial charge in [-0.25, -0.2) is 0 Å². The second-order valence-corrected chi connectivity index (χ2v) is 3.09. The number of rotatable bonds is 1. The fourth-order valence-corrected chi connectivity index (χ4v) is 1.39. The molecule has 0 bridgehead atoms. The molecule has 0 spiro atoms. The van der Waals surface area contributed by atoms with E-state index in [0.29, 0.717) is 0 Å². The lowest BCUT2D eigenvalue weighted by Crippen LogP contribution is -1.72. The predicted octanol–water partition coefficient (Wildman–Crippen LogP) is 2.31. The summed E-state index contributed by atoms with van der Waals surface area (Å²) in [6, 6.07) is 0. The first-order valence-electron chi connectivity index (χ1n) is 2.97. The van der Waals surface area contributed by atoms with Crippen LogP contribution >= 0.6 is 15.9 Å². The monoisotopic (exact) mass is 187 g/mol. The largest absolute Gasteiger partial charge is 0.363 e. The minimum Gasteiger partial charge on any atom is -0.363 e. The van der Waals surface area contributed by atoms with Crippen molar-refractivity contribution in [1.82, 2.24) is 5.16 Å². The predicted molar refractivity (Wildman–Crippen MR) is 36.2 cm³/mol. The van der Waals surface area contributed by atoms with Crippen LogP contribution in [0.25, 0.3) is 0 Å². The van der Waals surface area contributed by atoms with Crippen molar-refractivity contribution in [2.75, 3.05) is 0 Å². The number of aromatic nitrogens is 1. The van der Waals surface area contributed by atoms with E-state index in [1.165, 1.54) is 18.4 Å². The van der Waals surface area contributed by atoms with Gasteiger partial charge in [0.05, 0.1) is 0 Å². The third-order valence-electron chi connectivity index (χ3n) is 1.57. The van der Waals surface area contributed by atoms with E-state index in [1.807, 2.05) is 0 Å². The summed E-state index contributed by atoms with van der Waals surface area (Å²) >= 11 is 3.30. The molecule has 1 aromatic heterocycles. The van der Waals surface area contributed by atoms with Crippen LogP contribution < -0.4 is 0 Å². The van der Waals surface area contributed by atoms with Gasteiger partial charge in [0.2, 0.25) is 0 Å². The number of halogens is 1. The number of hydrogen-bond donors (Lipinski definition) is 0. The summed E-state index contributed by atoms with van der Waals surface area (Å²) in [5.41, 5.74) is 1.23. The average Bonchev–Trinajstić information content (AvgIpc) is 2.58. The normalized spacial score (nSPS) is 18.3. The lowest BCUT2D eigenvalue weighted by atomic mass is 10.2. The van der Waals surface area contributed by atoms with Gasteiger partial charge in [-0.1, -0.05) is 5.16 Å². The Balaban J connectivity index is 2.35. The van der Waals surface area contributed by atoms with Crippen LogP contribution in [0.2, 0.25) is 0 Å². The topological polar surface area (TPSA) is 26.0 Å². The molecule has 1 aliphatic rings. The van der Waals surface area contributed by atoms with Crippen LogP contribution in [0.15, 0.2) is 15.4 Å². The molecule has 0 unspecified atom stereocenters. The summed E-state index contributed by atoms with van der Waals surface area (Å²) in [6.07, 6.45) is 4.31. The van der Waals surface area contributed by atoms with Gasteiger partial charge < -0.3 is 4.52 Å². The van der Waals surface area contributed by atoms with Crippen molar-refractivity contribution < 1.29 is 4.52 Å². The van der Waals surface area contributed by atoms with Crippen molar-refractivity contribution in [2.24, 2.45) is 0 Å². The number of nitrogens with zero attached hydrogens (tertiary/aromatic N) is 1. The van der Waals surface area contributed by atoms with Crippen LogP contribution in [0.3, 0.4) is 0 Å². The van der Waals surface area contributed by atoms with Crippen molar-refractivity contribution in [1.29, 1.82) is 0 Å². The van der Waals surface area contributed by atoms with Crippen molar-refractivity contribution in [3.8, 4) is 0 Å².